The van der Waals surface area contributed by atoms with Crippen LogP contribution in [-0.2, 0) is 18.1 Å². The van der Waals surface area contributed by atoms with Gasteiger partial charge in [0.2, 0.25) is 0 Å². The third kappa shape index (κ3) is 6.01. The summed E-state index contributed by atoms with van der Waals surface area (Å²) in [6, 6.07) is 0. The van der Waals surface area contributed by atoms with Gasteiger partial charge < -0.3 is 28.7 Å². The van der Waals surface area contributed by atoms with E-state index >= 15 is 0 Å². The summed E-state index contributed by atoms with van der Waals surface area (Å²) in [4.78, 5) is 0. The highest BCUT2D eigenvalue weighted by Crippen LogP contribution is 2.60. The first kappa shape index (κ1) is 24.7. The van der Waals surface area contributed by atoms with Gasteiger partial charge in [-0.3, -0.25) is 0 Å². The zero-order valence-corrected chi connectivity index (χ0v) is 22.6. The van der Waals surface area contributed by atoms with Crippen molar-refractivity contribution >= 4 is 16.8 Å². The Morgan fingerprint density at radius 1 is 0.516 bits per heavy atom. The molecule has 0 amide bonds. The van der Waals surface area contributed by atoms with Crippen LogP contribution in [0, 0.1) is 5.41 Å². The molecule has 1 spiro atoms. The Balaban J connectivity index is 1.31. The average Bonchev–Trinajstić information content (AvgIpc) is 2.57. The molecule has 6 nitrogen and oxygen atoms in total. The van der Waals surface area contributed by atoms with E-state index in [1.807, 2.05) is 0 Å². The van der Waals surface area contributed by atoms with Gasteiger partial charge in [-0.05, 0) is 81.1 Å². The van der Waals surface area contributed by atoms with Crippen molar-refractivity contribution in [1.29, 1.82) is 0 Å². The summed E-state index contributed by atoms with van der Waals surface area (Å²) in [7, 11) is -1.72. The van der Waals surface area contributed by atoms with Gasteiger partial charge in [0.05, 0.1) is 31.8 Å². The van der Waals surface area contributed by atoms with Gasteiger partial charge in [0.25, 0.3) is 0 Å². The van der Waals surface area contributed by atoms with Crippen molar-refractivity contribution in [2.24, 2.45) is 5.41 Å². The number of piperidine rings is 2. The van der Waals surface area contributed by atoms with Gasteiger partial charge in [0.1, 0.15) is 0 Å². The van der Waals surface area contributed by atoms with Gasteiger partial charge in [-0.1, -0.05) is 0 Å². The molecule has 4 saturated heterocycles. The van der Waals surface area contributed by atoms with Crippen LogP contribution in [0.15, 0.2) is 0 Å². The molecule has 2 N–H and O–H groups in total. The summed E-state index contributed by atoms with van der Waals surface area (Å²) in [5.41, 5.74) is 1.24. The number of hydrogen-bond donors (Lipinski definition) is 2. The van der Waals surface area contributed by atoms with Crippen LogP contribution in [-0.4, -0.2) is 59.9 Å². The predicted octanol–water partition coefficient (Wildman–Crippen LogP) is 5.31. The second kappa shape index (κ2) is 8.38. The highest BCUT2D eigenvalue weighted by atomic mass is 31.2. The molecule has 0 aromatic heterocycles. The van der Waals surface area contributed by atoms with Crippen LogP contribution >= 0.6 is 16.8 Å². The highest BCUT2D eigenvalue weighted by Gasteiger charge is 2.50. The maximum absolute atomic E-state index is 6.40. The standard InChI is InChI=1S/C23H44N2O4P2/c1-19(2)9-17(10-20(3,4)24-19)30-26-13-23(14-27-30)15-28-31(29-16-23)18-11-21(5,6)25-22(7,8)12-18/h17-18,24-25H,9-16H2,1-8H3. The molecule has 4 rings (SSSR count). The van der Waals surface area contributed by atoms with Gasteiger partial charge in [0.15, 0.2) is 16.8 Å². The van der Waals surface area contributed by atoms with Crippen molar-refractivity contribution in [3.63, 3.8) is 0 Å². The second-order valence-electron chi connectivity index (χ2n) is 13.1. The van der Waals surface area contributed by atoms with Gasteiger partial charge in [0, 0.05) is 33.5 Å². The fourth-order valence-electron chi connectivity index (χ4n) is 6.38. The van der Waals surface area contributed by atoms with Crippen molar-refractivity contribution in [3.8, 4) is 0 Å². The Bertz CT molecular complexity index is 562. The van der Waals surface area contributed by atoms with E-state index in [1.54, 1.807) is 0 Å². The lowest BCUT2D eigenvalue weighted by Gasteiger charge is -2.51. The predicted molar refractivity (Wildman–Crippen MR) is 129 cm³/mol. The number of rotatable bonds is 2. The third-order valence-corrected chi connectivity index (χ3v) is 10.4. The van der Waals surface area contributed by atoms with Crippen molar-refractivity contribution in [1.82, 2.24) is 10.6 Å². The molecule has 0 aromatic rings. The smallest absolute Gasteiger partial charge is 0.173 e. The molecule has 31 heavy (non-hydrogen) atoms. The maximum atomic E-state index is 6.40. The number of hydrogen-bond acceptors (Lipinski definition) is 6. The van der Waals surface area contributed by atoms with Gasteiger partial charge in [-0.15, -0.1) is 0 Å². The molecule has 4 heterocycles. The van der Waals surface area contributed by atoms with E-state index in [-0.39, 0.29) is 27.6 Å². The molecule has 4 aliphatic rings. The summed E-state index contributed by atoms with van der Waals surface area (Å²) in [5, 5.41) is 7.52. The normalized spacial score (nSPS) is 40.6. The van der Waals surface area contributed by atoms with Crippen LogP contribution in [0.3, 0.4) is 0 Å². The summed E-state index contributed by atoms with van der Waals surface area (Å²) in [6.07, 6.45) is 4.37. The molecule has 4 fully saturated rings. The van der Waals surface area contributed by atoms with E-state index in [1.165, 1.54) is 0 Å². The molecule has 180 valence electrons. The van der Waals surface area contributed by atoms with Crippen LogP contribution < -0.4 is 10.6 Å². The van der Waals surface area contributed by atoms with Crippen LogP contribution in [0.25, 0.3) is 0 Å². The maximum Gasteiger partial charge on any atom is 0.173 e. The lowest BCUT2D eigenvalue weighted by Crippen LogP contribution is -2.59. The minimum absolute atomic E-state index is 0.111. The molecule has 0 aromatic carbocycles. The Hall–Kier alpha value is 0.620. The van der Waals surface area contributed by atoms with E-state index in [4.69, 9.17) is 18.1 Å². The van der Waals surface area contributed by atoms with Gasteiger partial charge >= 0.3 is 0 Å². The first-order valence-corrected chi connectivity index (χ1v) is 14.4. The molecular formula is C23H44N2O4P2. The minimum atomic E-state index is -0.861. The van der Waals surface area contributed by atoms with Crippen LogP contribution in [0.2, 0.25) is 0 Å². The van der Waals surface area contributed by atoms with Gasteiger partial charge in [-0.25, -0.2) is 0 Å². The fourth-order valence-corrected chi connectivity index (χ4v) is 11.4. The lowest BCUT2D eigenvalue weighted by molar-refractivity contribution is -0.0576. The number of nitrogens with one attached hydrogen (secondary N) is 2. The summed E-state index contributed by atoms with van der Waals surface area (Å²) in [5.74, 6) is 0. The summed E-state index contributed by atoms with van der Waals surface area (Å²) in [6.45, 7) is 21.1. The Kier molecular flexibility index (Phi) is 6.69. The zero-order valence-electron chi connectivity index (χ0n) is 20.8. The topological polar surface area (TPSA) is 61.0 Å². The van der Waals surface area contributed by atoms with Crippen molar-refractivity contribution < 1.29 is 18.1 Å². The molecule has 0 atom stereocenters. The van der Waals surface area contributed by atoms with E-state index in [0.29, 0.717) is 37.7 Å². The molecule has 4 aliphatic heterocycles. The highest BCUT2D eigenvalue weighted by molar-refractivity contribution is 7.48. The van der Waals surface area contributed by atoms with E-state index in [2.05, 4.69) is 66.0 Å². The molecular weight excluding hydrogens is 430 g/mol. The third-order valence-electron chi connectivity index (χ3n) is 6.93. The first-order valence-electron chi connectivity index (χ1n) is 11.9. The molecule has 0 aliphatic carbocycles. The van der Waals surface area contributed by atoms with E-state index in [9.17, 15) is 0 Å². The van der Waals surface area contributed by atoms with Crippen molar-refractivity contribution in [3.05, 3.63) is 0 Å². The Labute approximate surface area is 192 Å². The van der Waals surface area contributed by atoms with Crippen LogP contribution in [0.4, 0.5) is 0 Å². The largest absolute Gasteiger partial charge is 0.333 e. The summed E-state index contributed by atoms with van der Waals surface area (Å²) < 4.78 is 25.6. The quantitative estimate of drug-likeness (QED) is 0.529. The van der Waals surface area contributed by atoms with E-state index < -0.39 is 16.8 Å². The Morgan fingerprint density at radius 3 is 1.03 bits per heavy atom. The van der Waals surface area contributed by atoms with Crippen molar-refractivity contribution in [2.75, 3.05) is 26.4 Å². The zero-order chi connectivity index (χ0) is 22.7. The minimum Gasteiger partial charge on any atom is -0.333 e. The van der Waals surface area contributed by atoms with Crippen molar-refractivity contribution in [2.45, 2.75) is 115 Å². The van der Waals surface area contributed by atoms with E-state index in [0.717, 1.165) is 25.7 Å². The summed E-state index contributed by atoms with van der Waals surface area (Å²) >= 11 is 0. The molecule has 8 heteroatoms. The van der Waals surface area contributed by atoms with Crippen LogP contribution in [0.1, 0.15) is 81.1 Å². The first-order chi connectivity index (χ1) is 14.2. The fraction of sp³-hybridized carbons (Fsp3) is 1.00. The Morgan fingerprint density at radius 2 is 0.774 bits per heavy atom. The van der Waals surface area contributed by atoms with Crippen LogP contribution in [0.5, 0.6) is 0 Å². The average molecular weight is 475 g/mol. The van der Waals surface area contributed by atoms with Gasteiger partial charge in [-0.2, -0.15) is 0 Å². The molecule has 0 unspecified atom stereocenters. The molecule has 0 bridgehead atoms. The molecule has 0 saturated carbocycles. The second-order valence-corrected chi connectivity index (χ2v) is 16.7. The monoisotopic (exact) mass is 474 g/mol. The lowest BCUT2D eigenvalue weighted by atomic mass is 9.82. The SMILES string of the molecule is CC1(C)CC(P2OCC3(CO2)COP(C2CC(C)(C)NC(C)(C)C2)OC3)CC(C)(C)N1. The molecule has 0 radical (unpaired) electrons.